The van der Waals surface area contributed by atoms with Gasteiger partial charge in [-0.2, -0.15) is 0 Å². The number of fused-ring (bicyclic) bond motifs is 1. The van der Waals surface area contributed by atoms with Gasteiger partial charge in [-0.3, -0.25) is 4.79 Å². The van der Waals surface area contributed by atoms with E-state index in [4.69, 9.17) is 5.73 Å². The van der Waals surface area contributed by atoms with Crippen LogP contribution < -0.4 is 5.73 Å². The molecule has 1 aliphatic heterocycles. The number of rotatable bonds is 1. The van der Waals surface area contributed by atoms with Crippen LogP contribution in [0, 0.1) is 17.8 Å². The van der Waals surface area contributed by atoms with Gasteiger partial charge >= 0.3 is 0 Å². The van der Waals surface area contributed by atoms with Gasteiger partial charge in [-0.15, -0.1) is 11.3 Å². The van der Waals surface area contributed by atoms with Crippen LogP contribution in [0.25, 0.3) is 0 Å². The summed E-state index contributed by atoms with van der Waals surface area (Å²) in [6.45, 7) is 0.805. The maximum Gasteiger partial charge on any atom is 0.266 e. The van der Waals surface area contributed by atoms with Crippen molar-refractivity contribution in [2.45, 2.75) is 25.0 Å². The summed E-state index contributed by atoms with van der Waals surface area (Å²) in [6, 6.07) is 1.82. The second-order valence-electron chi connectivity index (χ2n) is 5.80. The van der Waals surface area contributed by atoms with Crippen molar-refractivity contribution in [1.29, 1.82) is 0 Å². The summed E-state index contributed by atoms with van der Waals surface area (Å²) in [6.07, 6.45) is 1.87. The molecule has 3 N–H and O–H groups in total. The fourth-order valence-electron chi connectivity index (χ4n) is 4.27. The molecule has 1 amide bonds. The smallest absolute Gasteiger partial charge is 0.266 e. The third kappa shape index (κ3) is 1.21. The number of carbonyl (C=O) groups is 1. The van der Waals surface area contributed by atoms with E-state index < -0.39 is 0 Å². The molecular weight excluding hydrogens is 248 g/mol. The van der Waals surface area contributed by atoms with Crippen LogP contribution in [0.5, 0.6) is 0 Å². The molecule has 3 fully saturated rings. The number of nitrogens with zero attached hydrogens (tertiary/aromatic N) is 1. The van der Waals surface area contributed by atoms with E-state index in [-0.39, 0.29) is 18.1 Å². The van der Waals surface area contributed by atoms with Crippen molar-refractivity contribution in [3.05, 3.63) is 16.3 Å². The molecule has 5 unspecified atom stereocenters. The number of nitrogen functional groups attached to an aromatic ring is 1. The van der Waals surface area contributed by atoms with Gasteiger partial charge in [-0.05, 0) is 42.0 Å². The molecule has 0 aromatic carbocycles. The van der Waals surface area contributed by atoms with Gasteiger partial charge in [0, 0.05) is 6.54 Å². The molecule has 2 heterocycles. The van der Waals surface area contributed by atoms with Crippen molar-refractivity contribution in [3.63, 3.8) is 0 Å². The van der Waals surface area contributed by atoms with E-state index in [1.54, 1.807) is 6.07 Å². The minimum absolute atomic E-state index is 0.0154. The zero-order chi connectivity index (χ0) is 12.4. The van der Waals surface area contributed by atoms with E-state index in [1.807, 2.05) is 10.3 Å². The van der Waals surface area contributed by atoms with E-state index in [0.717, 1.165) is 19.4 Å². The van der Waals surface area contributed by atoms with Crippen molar-refractivity contribution in [2.75, 3.05) is 12.3 Å². The van der Waals surface area contributed by atoms with Crippen LogP contribution in [0.1, 0.15) is 22.5 Å². The van der Waals surface area contributed by atoms with Gasteiger partial charge in [-0.1, -0.05) is 0 Å². The van der Waals surface area contributed by atoms with E-state index >= 15 is 0 Å². The number of likely N-dealkylation sites (tertiary alicyclic amines) is 1. The number of anilines is 1. The van der Waals surface area contributed by atoms with Crippen LogP contribution in [-0.4, -0.2) is 34.6 Å². The van der Waals surface area contributed by atoms with Gasteiger partial charge in [-0.25, -0.2) is 0 Å². The summed E-state index contributed by atoms with van der Waals surface area (Å²) in [5, 5.41) is 12.1. The Hall–Kier alpha value is -1.07. The molecule has 1 saturated heterocycles. The van der Waals surface area contributed by atoms with E-state index in [1.165, 1.54) is 11.3 Å². The number of hydrogen-bond acceptors (Lipinski definition) is 4. The number of aliphatic hydroxyl groups excluding tert-OH is 1. The van der Waals surface area contributed by atoms with Crippen molar-refractivity contribution >= 4 is 22.9 Å². The lowest BCUT2D eigenvalue weighted by Crippen LogP contribution is -2.43. The number of hydrogen-bond donors (Lipinski definition) is 2. The zero-order valence-electron chi connectivity index (χ0n) is 9.95. The quantitative estimate of drug-likeness (QED) is 0.800. The molecule has 4 nitrogen and oxygen atoms in total. The Labute approximate surface area is 109 Å². The second kappa shape index (κ2) is 3.48. The van der Waals surface area contributed by atoms with Gasteiger partial charge < -0.3 is 15.7 Å². The van der Waals surface area contributed by atoms with E-state index in [9.17, 15) is 9.90 Å². The summed E-state index contributed by atoms with van der Waals surface area (Å²) < 4.78 is 0. The Bertz CT molecular complexity index is 513. The van der Waals surface area contributed by atoms with Crippen molar-refractivity contribution in [2.24, 2.45) is 17.8 Å². The molecule has 0 radical (unpaired) electrons. The molecular formula is C13H16N2O2S. The van der Waals surface area contributed by atoms with Crippen LogP contribution in [0.4, 0.5) is 5.69 Å². The van der Waals surface area contributed by atoms with Gasteiger partial charge in [0.1, 0.15) is 4.88 Å². The Morgan fingerprint density at radius 1 is 1.44 bits per heavy atom. The predicted octanol–water partition coefficient (Wildman–Crippen LogP) is 1.17. The topological polar surface area (TPSA) is 66.6 Å². The highest BCUT2D eigenvalue weighted by molar-refractivity contribution is 7.12. The van der Waals surface area contributed by atoms with Crippen molar-refractivity contribution in [1.82, 2.24) is 4.90 Å². The van der Waals surface area contributed by atoms with E-state index in [2.05, 4.69) is 0 Å². The van der Waals surface area contributed by atoms with Crippen LogP contribution in [0.15, 0.2) is 11.4 Å². The molecule has 3 aliphatic rings. The summed E-state index contributed by atoms with van der Waals surface area (Å²) in [7, 11) is 0. The van der Waals surface area contributed by atoms with Gasteiger partial charge in [0.15, 0.2) is 0 Å². The van der Waals surface area contributed by atoms with Gasteiger partial charge in [0.05, 0.1) is 17.8 Å². The lowest BCUT2D eigenvalue weighted by molar-refractivity contribution is 0.0405. The molecule has 5 heteroatoms. The first-order chi connectivity index (χ1) is 8.66. The molecule has 1 aromatic rings. The summed E-state index contributed by atoms with van der Waals surface area (Å²) in [4.78, 5) is 15.0. The number of carbonyl (C=O) groups excluding carboxylic acids is 1. The minimum Gasteiger partial charge on any atom is -0.397 e. The summed E-state index contributed by atoms with van der Waals surface area (Å²) in [5.74, 6) is 1.56. The normalized spacial score (nSPS) is 40.7. The first-order valence-corrected chi connectivity index (χ1v) is 7.37. The fourth-order valence-corrected chi connectivity index (χ4v) is 5.05. The van der Waals surface area contributed by atoms with Crippen molar-refractivity contribution < 1.29 is 9.90 Å². The summed E-state index contributed by atoms with van der Waals surface area (Å²) >= 11 is 1.40. The molecule has 96 valence electrons. The molecule has 1 aromatic heterocycles. The van der Waals surface area contributed by atoms with Gasteiger partial charge in [0.2, 0.25) is 0 Å². The molecule has 0 spiro atoms. The largest absolute Gasteiger partial charge is 0.397 e. The van der Waals surface area contributed by atoms with Crippen LogP contribution in [0.2, 0.25) is 0 Å². The predicted molar refractivity (Wildman–Crippen MR) is 69.3 cm³/mol. The Morgan fingerprint density at radius 3 is 2.94 bits per heavy atom. The standard InChI is InChI=1S/C13H16N2O2S/c14-9-1-2-18-12(9)13(17)15-5-7-3-6-4-8(7)10(15)11(6)16/h1-2,6-8,10-11,16H,3-5,14H2. The number of nitrogens with two attached hydrogens (primary N) is 1. The van der Waals surface area contributed by atoms with E-state index in [0.29, 0.717) is 28.3 Å². The highest BCUT2D eigenvalue weighted by atomic mass is 32.1. The average molecular weight is 264 g/mol. The third-order valence-electron chi connectivity index (χ3n) is 5.00. The lowest BCUT2D eigenvalue weighted by Gasteiger charge is -2.28. The Morgan fingerprint density at radius 2 is 2.28 bits per heavy atom. The maximum atomic E-state index is 12.5. The average Bonchev–Trinajstić information content (AvgIpc) is 3.01. The minimum atomic E-state index is -0.320. The number of amides is 1. The van der Waals surface area contributed by atoms with Crippen LogP contribution in [0.3, 0.4) is 0 Å². The molecule has 5 atom stereocenters. The molecule has 2 bridgehead atoms. The highest BCUT2D eigenvalue weighted by Crippen LogP contribution is 2.55. The number of aliphatic hydroxyl groups is 1. The first-order valence-electron chi connectivity index (χ1n) is 6.49. The molecule has 18 heavy (non-hydrogen) atoms. The zero-order valence-corrected chi connectivity index (χ0v) is 10.8. The molecule has 2 saturated carbocycles. The molecule has 2 aliphatic carbocycles. The van der Waals surface area contributed by atoms with Gasteiger partial charge in [0.25, 0.3) is 5.91 Å². The Balaban J connectivity index is 1.67. The van der Waals surface area contributed by atoms with Crippen molar-refractivity contribution in [3.8, 4) is 0 Å². The second-order valence-corrected chi connectivity index (χ2v) is 6.72. The Kier molecular flexibility index (Phi) is 2.09. The SMILES string of the molecule is Nc1ccsc1C(=O)N1CC2CC3CC2C1C3O. The third-order valence-corrected chi connectivity index (χ3v) is 5.92. The number of thiophene rings is 1. The summed E-state index contributed by atoms with van der Waals surface area (Å²) in [5.41, 5.74) is 6.39. The van der Waals surface area contributed by atoms with Crippen LogP contribution in [-0.2, 0) is 0 Å². The monoisotopic (exact) mass is 264 g/mol. The van der Waals surface area contributed by atoms with Crippen LogP contribution >= 0.6 is 11.3 Å². The molecule has 4 rings (SSSR count). The highest BCUT2D eigenvalue weighted by Gasteiger charge is 2.60. The lowest BCUT2D eigenvalue weighted by atomic mass is 9.88. The maximum absolute atomic E-state index is 12.5. The first kappa shape index (κ1) is 10.8. The fraction of sp³-hybridized carbons (Fsp3) is 0.615.